The predicted octanol–water partition coefficient (Wildman–Crippen LogP) is 1.13. The lowest BCUT2D eigenvalue weighted by Gasteiger charge is -2.27. The maximum atomic E-state index is 14.3. The second kappa shape index (κ2) is 6.02. The number of imidazole rings is 1. The summed E-state index contributed by atoms with van der Waals surface area (Å²) in [5.41, 5.74) is 7.02. The largest absolute Gasteiger partial charge is 0.378 e. The SMILES string of the molecule is CCn1c(CN)nc2cc(F)c(C(=O)N3CCOCC3)cc21. The number of aromatic nitrogens is 2. The van der Waals surface area contributed by atoms with Crippen LogP contribution >= 0.6 is 0 Å². The number of aryl methyl sites for hydroxylation is 1. The fraction of sp³-hybridized carbons (Fsp3) is 0.467. The number of amides is 1. The number of rotatable bonds is 3. The van der Waals surface area contributed by atoms with Crippen molar-refractivity contribution in [3.63, 3.8) is 0 Å². The van der Waals surface area contributed by atoms with Gasteiger partial charge in [-0.3, -0.25) is 4.79 Å². The lowest BCUT2D eigenvalue weighted by atomic mass is 10.1. The van der Waals surface area contributed by atoms with Gasteiger partial charge in [0.2, 0.25) is 0 Å². The minimum absolute atomic E-state index is 0.0765. The zero-order chi connectivity index (χ0) is 15.7. The number of nitrogens with two attached hydrogens (primary N) is 1. The molecule has 1 aliphatic rings. The molecule has 0 radical (unpaired) electrons. The summed E-state index contributed by atoms with van der Waals surface area (Å²) in [5, 5.41) is 0. The number of hydrogen-bond donors (Lipinski definition) is 1. The molecule has 7 heteroatoms. The third-order valence-corrected chi connectivity index (χ3v) is 3.94. The van der Waals surface area contributed by atoms with Gasteiger partial charge in [-0.1, -0.05) is 0 Å². The van der Waals surface area contributed by atoms with Crippen molar-refractivity contribution < 1.29 is 13.9 Å². The first kappa shape index (κ1) is 14.9. The molecule has 1 saturated heterocycles. The number of ether oxygens (including phenoxy) is 1. The maximum Gasteiger partial charge on any atom is 0.257 e. The summed E-state index contributed by atoms with van der Waals surface area (Å²) in [4.78, 5) is 18.5. The Labute approximate surface area is 127 Å². The van der Waals surface area contributed by atoms with Crippen molar-refractivity contribution >= 4 is 16.9 Å². The number of fused-ring (bicyclic) bond motifs is 1. The van der Waals surface area contributed by atoms with Gasteiger partial charge in [-0.25, -0.2) is 9.37 Å². The highest BCUT2D eigenvalue weighted by Crippen LogP contribution is 2.22. The minimum atomic E-state index is -0.548. The molecule has 0 saturated carbocycles. The van der Waals surface area contributed by atoms with Crippen molar-refractivity contribution in [2.45, 2.75) is 20.0 Å². The lowest BCUT2D eigenvalue weighted by molar-refractivity contribution is 0.0300. The Kier molecular flexibility index (Phi) is 4.08. The number of carbonyl (C=O) groups is 1. The van der Waals surface area contributed by atoms with E-state index in [9.17, 15) is 9.18 Å². The van der Waals surface area contributed by atoms with Gasteiger partial charge in [0.25, 0.3) is 5.91 Å². The van der Waals surface area contributed by atoms with Gasteiger partial charge < -0.3 is 19.9 Å². The third kappa shape index (κ3) is 2.46. The van der Waals surface area contributed by atoms with Crippen LogP contribution in [0.2, 0.25) is 0 Å². The van der Waals surface area contributed by atoms with Crippen molar-refractivity contribution in [3.05, 3.63) is 29.3 Å². The van der Waals surface area contributed by atoms with Crippen LogP contribution in [0.25, 0.3) is 11.0 Å². The van der Waals surface area contributed by atoms with Crippen molar-refractivity contribution in [1.29, 1.82) is 0 Å². The van der Waals surface area contributed by atoms with Gasteiger partial charge in [0.1, 0.15) is 11.6 Å². The average Bonchev–Trinajstić information content (AvgIpc) is 2.90. The second-order valence-corrected chi connectivity index (χ2v) is 5.20. The fourth-order valence-electron chi connectivity index (χ4n) is 2.80. The minimum Gasteiger partial charge on any atom is -0.378 e. The third-order valence-electron chi connectivity index (χ3n) is 3.94. The first-order valence-electron chi connectivity index (χ1n) is 7.41. The van der Waals surface area contributed by atoms with Crippen LogP contribution in [0.1, 0.15) is 23.1 Å². The van der Waals surface area contributed by atoms with Gasteiger partial charge in [0, 0.05) is 25.7 Å². The van der Waals surface area contributed by atoms with Gasteiger partial charge >= 0.3 is 0 Å². The quantitative estimate of drug-likeness (QED) is 0.922. The zero-order valence-electron chi connectivity index (χ0n) is 12.5. The van der Waals surface area contributed by atoms with E-state index in [1.165, 1.54) is 6.07 Å². The molecule has 118 valence electrons. The molecule has 2 N–H and O–H groups in total. The van der Waals surface area contributed by atoms with Gasteiger partial charge in [-0.15, -0.1) is 0 Å². The Bertz CT molecular complexity index is 707. The van der Waals surface area contributed by atoms with E-state index in [0.717, 1.165) is 5.52 Å². The molecule has 3 rings (SSSR count). The van der Waals surface area contributed by atoms with Crippen LogP contribution in [0.3, 0.4) is 0 Å². The fourth-order valence-corrected chi connectivity index (χ4v) is 2.80. The van der Waals surface area contributed by atoms with E-state index < -0.39 is 5.82 Å². The average molecular weight is 306 g/mol. The maximum absolute atomic E-state index is 14.3. The topological polar surface area (TPSA) is 73.4 Å². The molecule has 0 aliphatic carbocycles. The normalized spacial score (nSPS) is 15.5. The van der Waals surface area contributed by atoms with E-state index in [4.69, 9.17) is 10.5 Å². The molecule has 0 unspecified atom stereocenters. The molecule has 1 aromatic heterocycles. The summed E-state index contributed by atoms with van der Waals surface area (Å²) >= 11 is 0. The van der Waals surface area contributed by atoms with Gasteiger partial charge in [0.15, 0.2) is 0 Å². The standard InChI is InChI=1S/C15H19FN4O2/c1-2-20-13-7-10(15(21)19-3-5-22-6-4-19)11(16)8-12(13)18-14(20)9-17/h7-8H,2-6,9,17H2,1H3. The van der Waals surface area contributed by atoms with Crippen molar-refractivity contribution in [3.8, 4) is 0 Å². The molecule has 1 fully saturated rings. The highest BCUT2D eigenvalue weighted by molar-refractivity contribution is 5.98. The highest BCUT2D eigenvalue weighted by Gasteiger charge is 2.23. The summed E-state index contributed by atoms with van der Waals surface area (Å²) < 4.78 is 21.4. The summed E-state index contributed by atoms with van der Waals surface area (Å²) in [7, 11) is 0. The molecule has 2 heterocycles. The molecular weight excluding hydrogens is 287 g/mol. The Morgan fingerprint density at radius 1 is 1.41 bits per heavy atom. The van der Waals surface area contributed by atoms with Crippen molar-refractivity contribution in [1.82, 2.24) is 14.5 Å². The van der Waals surface area contributed by atoms with Crippen LogP contribution in [-0.2, 0) is 17.8 Å². The summed E-state index contributed by atoms with van der Waals surface area (Å²) in [6.45, 7) is 4.85. The van der Waals surface area contributed by atoms with Crippen molar-refractivity contribution in [2.24, 2.45) is 5.73 Å². The molecular formula is C15H19FN4O2. The molecule has 2 aromatic rings. The molecule has 0 bridgehead atoms. The van der Waals surface area contributed by atoms with E-state index in [1.54, 1.807) is 11.0 Å². The van der Waals surface area contributed by atoms with Crippen LogP contribution in [-0.4, -0.2) is 46.7 Å². The molecule has 22 heavy (non-hydrogen) atoms. The molecule has 1 aromatic carbocycles. The Morgan fingerprint density at radius 2 is 2.14 bits per heavy atom. The summed E-state index contributed by atoms with van der Waals surface area (Å²) in [6, 6.07) is 2.90. The molecule has 6 nitrogen and oxygen atoms in total. The Morgan fingerprint density at radius 3 is 2.77 bits per heavy atom. The van der Waals surface area contributed by atoms with Gasteiger partial charge in [-0.05, 0) is 13.0 Å². The zero-order valence-corrected chi connectivity index (χ0v) is 12.5. The van der Waals surface area contributed by atoms with Crippen LogP contribution in [0, 0.1) is 5.82 Å². The predicted molar refractivity (Wildman–Crippen MR) is 80.0 cm³/mol. The van der Waals surface area contributed by atoms with E-state index >= 15 is 0 Å². The van der Waals surface area contributed by atoms with Crippen LogP contribution in [0.15, 0.2) is 12.1 Å². The first-order valence-corrected chi connectivity index (χ1v) is 7.41. The number of halogens is 1. The van der Waals surface area contributed by atoms with Crippen LogP contribution < -0.4 is 5.73 Å². The smallest absolute Gasteiger partial charge is 0.257 e. The number of hydrogen-bond acceptors (Lipinski definition) is 4. The number of carbonyl (C=O) groups excluding carboxylic acids is 1. The van der Waals surface area contributed by atoms with Crippen LogP contribution in [0.4, 0.5) is 4.39 Å². The first-order chi connectivity index (χ1) is 10.7. The summed E-state index contributed by atoms with van der Waals surface area (Å²) in [5.74, 6) is -0.165. The molecule has 1 amide bonds. The number of benzene rings is 1. The highest BCUT2D eigenvalue weighted by atomic mass is 19.1. The monoisotopic (exact) mass is 306 g/mol. The van der Waals surface area contributed by atoms with Crippen molar-refractivity contribution in [2.75, 3.05) is 26.3 Å². The second-order valence-electron chi connectivity index (χ2n) is 5.20. The van der Waals surface area contributed by atoms with Crippen LogP contribution in [0.5, 0.6) is 0 Å². The number of morpholine rings is 1. The molecule has 1 aliphatic heterocycles. The summed E-state index contributed by atoms with van der Waals surface area (Å²) in [6.07, 6.45) is 0. The van der Waals surface area contributed by atoms with E-state index in [1.807, 2.05) is 11.5 Å². The number of nitrogens with zero attached hydrogens (tertiary/aromatic N) is 3. The van der Waals surface area contributed by atoms with Gasteiger partial charge in [-0.2, -0.15) is 0 Å². The Hall–Kier alpha value is -1.99. The molecule has 0 atom stereocenters. The Balaban J connectivity index is 2.05. The van der Waals surface area contributed by atoms with E-state index in [2.05, 4.69) is 4.98 Å². The van der Waals surface area contributed by atoms with Gasteiger partial charge in [0.05, 0.1) is 36.4 Å². The van der Waals surface area contributed by atoms with E-state index in [0.29, 0.717) is 44.2 Å². The lowest BCUT2D eigenvalue weighted by Crippen LogP contribution is -2.41. The van der Waals surface area contributed by atoms with E-state index in [-0.39, 0.29) is 18.0 Å². The molecule has 0 spiro atoms.